The molecule has 0 atom stereocenters. The van der Waals surface area contributed by atoms with Crippen LogP contribution in [0.4, 0.5) is 11.8 Å². The molecular formula is C14H23N7. The summed E-state index contributed by atoms with van der Waals surface area (Å²) in [5.41, 5.74) is 1.59. The number of nitrogens with one attached hydrogen (secondary N) is 3. The number of hydrogen-bond donors (Lipinski definition) is 3. The van der Waals surface area contributed by atoms with Gasteiger partial charge in [-0.15, -0.1) is 0 Å². The van der Waals surface area contributed by atoms with E-state index < -0.39 is 0 Å². The van der Waals surface area contributed by atoms with Gasteiger partial charge in [0.2, 0.25) is 5.95 Å². The van der Waals surface area contributed by atoms with Crippen LogP contribution >= 0.6 is 0 Å². The molecule has 1 aliphatic rings. The van der Waals surface area contributed by atoms with Gasteiger partial charge in [-0.1, -0.05) is 6.92 Å². The maximum atomic E-state index is 4.61. The molecule has 114 valence electrons. The van der Waals surface area contributed by atoms with Crippen molar-refractivity contribution in [1.82, 2.24) is 24.8 Å². The standard InChI is InChI=1S/C14H23N7/c1-3-6-15-14-19-12-11(16-9-17-12)13(20-14)18-10-4-7-21(2)8-5-10/h9-10H,3-8H2,1-2H3,(H3,15,16,17,18,19,20). The molecule has 1 aliphatic heterocycles. The molecule has 0 aliphatic carbocycles. The Morgan fingerprint density at radius 1 is 1.33 bits per heavy atom. The SMILES string of the molecule is CCCNc1nc(NC2CCN(C)CC2)c2[nH]cnc2n1. The molecule has 0 bridgehead atoms. The largest absolute Gasteiger partial charge is 0.365 e. The molecule has 3 rings (SSSR count). The molecule has 0 amide bonds. The van der Waals surface area contributed by atoms with Crippen LogP contribution in [0.25, 0.3) is 11.2 Å². The van der Waals surface area contributed by atoms with Crippen molar-refractivity contribution in [2.24, 2.45) is 0 Å². The van der Waals surface area contributed by atoms with Crippen LogP contribution < -0.4 is 10.6 Å². The summed E-state index contributed by atoms with van der Waals surface area (Å²) in [5, 5.41) is 6.79. The van der Waals surface area contributed by atoms with Gasteiger partial charge >= 0.3 is 0 Å². The Bertz CT molecular complexity index is 586. The number of fused-ring (bicyclic) bond motifs is 1. The van der Waals surface area contributed by atoms with Crippen molar-refractivity contribution in [2.45, 2.75) is 32.2 Å². The number of aromatic amines is 1. The van der Waals surface area contributed by atoms with E-state index in [4.69, 9.17) is 0 Å². The van der Waals surface area contributed by atoms with E-state index >= 15 is 0 Å². The smallest absolute Gasteiger partial charge is 0.226 e. The molecule has 3 N–H and O–H groups in total. The van der Waals surface area contributed by atoms with Crippen molar-refractivity contribution in [2.75, 3.05) is 37.3 Å². The Balaban J connectivity index is 1.80. The van der Waals surface area contributed by atoms with Crippen LogP contribution in [0.15, 0.2) is 6.33 Å². The second kappa shape index (κ2) is 6.26. The topological polar surface area (TPSA) is 81.8 Å². The Labute approximate surface area is 124 Å². The first kappa shape index (κ1) is 14.1. The quantitative estimate of drug-likeness (QED) is 0.777. The number of nitrogens with zero attached hydrogens (tertiary/aromatic N) is 4. The molecule has 21 heavy (non-hydrogen) atoms. The number of piperidine rings is 1. The summed E-state index contributed by atoms with van der Waals surface area (Å²) in [4.78, 5) is 18.8. The average Bonchev–Trinajstić information content (AvgIpc) is 2.96. The van der Waals surface area contributed by atoms with Gasteiger partial charge in [-0.2, -0.15) is 9.97 Å². The van der Waals surface area contributed by atoms with E-state index in [1.165, 1.54) is 0 Å². The minimum absolute atomic E-state index is 0.460. The Hall–Kier alpha value is -1.89. The highest BCUT2D eigenvalue weighted by molar-refractivity contribution is 5.83. The van der Waals surface area contributed by atoms with Gasteiger partial charge in [0.15, 0.2) is 11.5 Å². The molecule has 3 heterocycles. The highest BCUT2D eigenvalue weighted by Crippen LogP contribution is 2.22. The number of hydrogen-bond acceptors (Lipinski definition) is 6. The van der Waals surface area contributed by atoms with Crippen LogP contribution in [0.2, 0.25) is 0 Å². The molecule has 1 saturated heterocycles. The van der Waals surface area contributed by atoms with Crippen molar-refractivity contribution in [3.8, 4) is 0 Å². The summed E-state index contributed by atoms with van der Waals surface area (Å²) in [6.07, 6.45) is 4.98. The summed E-state index contributed by atoms with van der Waals surface area (Å²) in [5.74, 6) is 1.50. The number of aromatic nitrogens is 4. The first-order chi connectivity index (χ1) is 10.3. The zero-order valence-electron chi connectivity index (χ0n) is 12.7. The third kappa shape index (κ3) is 3.24. The van der Waals surface area contributed by atoms with E-state index in [0.717, 1.165) is 50.2 Å². The average molecular weight is 289 g/mol. The monoisotopic (exact) mass is 289 g/mol. The van der Waals surface area contributed by atoms with Crippen molar-refractivity contribution in [1.29, 1.82) is 0 Å². The summed E-state index contributed by atoms with van der Waals surface area (Å²) in [7, 11) is 2.17. The van der Waals surface area contributed by atoms with E-state index in [2.05, 4.69) is 49.4 Å². The van der Waals surface area contributed by atoms with Crippen LogP contribution in [0.3, 0.4) is 0 Å². The summed E-state index contributed by atoms with van der Waals surface area (Å²) >= 11 is 0. The molecular weight excluding hydrogens is 266 g/mol. The van der Waals surface area contributed by atoms with E-state index in [1.807, 2.05) is 0 Å². The maximum Gasteiger partial charge on any atom is 0.226 e. The van der Waals surface area contributed by atoms with Gasteiger partial charge in [-0.05, 0) is 39.4 Å². The van der Waals surface area contributed by atoms with Crippen molar-refractivity contribution in [3.63, 3.8) is 0 Å². The molecule has 2 aromatic rings. The van der Waals surface area contributed by atoms with Gasteiger partial charge in [0.25, 0.3) is 0 Å². The van der Waals surface area contributed by atoms with Crippen LogP contribution in [0.1, 0.15) is 26.2 Å². The van der Waals surface area contributed by atoms with Crippen molar-refractivity contribution >= 4 is 22.9 Å². The number of anilines is 2. The second-order valence-corrected chi connectivity index (χ2v) is 5.65. The lowest BCUT2D eigenvalue weighted by atomic mass is 10.1. The minimum atomic E-state index is 0.460. The number of likely N-dealkylation sites (tertiary alicyclic amines) is 1. The number of imidazole rings is 1. The summed E-state index contributed by atoms with van der Waals surface area (Å²) in [6.45, 7) is 5.23. The van der Waals surface area contributed by atoms with Crippen LogP contribution in [-0.2, 0) is 0 Å². The molecule has 0 radical (unpaired) electrons. The molecule has 0 saturated carbocycles. The van der Waals surface area contributed by atoms with Gasteiger partial charge in [0.05, 0.1) is 6.33 Å². The molecule has 1 fully saturated rings. The second-order valence-electron chi connectivity index (χ2n) is 5.65. The lowest BCUT2D eigenvalue weighted by Gasteiger charge is -2.29. The predicted molar refractivity (Wildman–Crippen MR) is 84.6 cm³/mol. The summed E-state index contributed by atoms with van der Waals surface area (Å²) < 4.78 is 0. The normalized spacial score (nSPS) is 17.2. The van der Waals surface area contributed by atoms with Crippen LogP contribution in [0.5, 0.6) is 0 Å². The fourth-order valence-electron chi connectivity index (χ4n) is 2.60. The van der Waals surface area contributed by atoms with Gasteiger partial charge in [0.1, 0.15) is 5.52 Å². The molecule has 0 spiro atoms. The van der Waals surface area contributed by atoms with Gasteiger partial charge < -0.3 is 20.5 Å². The number of H-pyrrole nitrogens is 1. The predicted octanol–water partition coefficient (Wildman–Crippen LogP) is 1.68. The van der Waals surface area contributed by atoms with Crippen LogP contribution in [0, 0.1) is 0 Å². The maximum absolute atomic E-state index is 4.61. The molecule has 7 heteroatoms. The minimum Gasteiger partial charge on any atom is -0.365 e. The fourth-order valence-corrected chi connectivity index (χ4v) is 2.60. The van der Waals surface area contributed by atoms with Crippen molar-refractivity contribution in [3.05, 3.63) is 6.33 Å². The van der Waals surface area contributed by atoms with Crippen molar-refractivity contribution < 1.29 is 0 Å². The van der Waals surface area contributed by atoms with Gasteiger partial charge in [-0.3, -0.25) is 0 Å². The van der Waals surface area contributed by atoms with Gasteiger partial charge in [0, 0.05) is 12.6 Å². The van der Waals surface area contributed by atoms with E-state index in [-0.39, 0.29) is 0 Å². The van der Waals surface area contributed by atoms with E-state index in [9.17, 15) is 0 Å². The molecule has 7 nitrogen and oxygen atoms in total. The number of rotatable bonds is 5. The van der Waals surface area contributed by atoms with Crippen LogP contribution in [-0.4, -0.2) is 57.6 Å². The third-order valence-electron chi connectivity index (χ3n) is 3.88. The van der Waals surface area contributed by atoms with E-state index in [0.29, 0.717) is 17.6 Å². The lowest BCUT2D eigenvalue weighted by molar-refractivity contribution is 0.264. The first-order valence-electron chi connectivity index (χ1n) is 7.66. The Kier molecular flexibility index (Phi) is 4.19. The Morgan fingerprint density at radius 2 is 2.14 bits per heavy atom. The third-order valence-corrected chi connectivity index (χ3v) is 3.88. The van der Waals surface area contributed by atoms with E-state index in [1.54, 1.807) is 6.33 Å². The molecule has 2 aromatic heterocycles. The lowest BCUT2D eigenvalue weighted by Crippen LogP contribution is -2.37. The van der Waals surface area contributed by atoms with Gasteiger partial charge in [-0.25, -0.2) is 4.98 Å². The Morgan fingerprint density at radius 3 is 2.90 bits per heavy atom. The highest BCUT2D eigenvalue weighted by atomic mass is 15.2. The highest BCUT2D eigenvalue weighted by Gasteiger charge is 2.19. The fraction of sp³-hybridized carbons (Fsp3) is 0.643. The zero-order valence-corrected chi connectivity index (χ0v) is 12.7. The molecule has 0 unspecified atom stereocenters. The summed E-state index contributed by atoms with van der Waals surface area (Å²) in [6, 6.07) is 0.460. The zero-order chi connectivity index (χ0) is 14.7. The molecule has 0 aromatic carbocycles. The first-order valence-corrected chi connectivity index (χ1v) is 7.66.